The van der Waals surface area contributed by atoms with E-state index in [4.69, 9.17) is 0 Å². The van der Waals surface area contributed by atoms with E-state index in [1.807, 2.05) is 27.7 Å². The zero-order chi connectivity index (χ0) is 16.2. The molecule has 4 rings (SSSR count). The van der Waals surface area contributed by atoms with Gasteiger partial charge in [0.05, 0.1) is 0 Å². The average Bonchev–Trinajstić information content (AvgIpc) is 3.28. The van der Waals surface area contributed by atoms with Crippen molar-refractivity contribution in [1.82, 2.24) is 0 Å². The lowest BCUT2D eigenvalue weighted by Gasteiger charge is -1.93. The number of aryl methyl sites for hydroxylation is 4. The van der Waals surface area contributed by atoms with Crippen LogP contribution in [-0.4, -0.2) is 0 Å². The van der Waals surface area contributed by atoms with Gasteiger partial charge >= 0.3 is 0 Å². The molecule has 0 saturated carbocycles. The predicted molar refractivity (Wildman–Crippen MR) is 99.6 cm³/mol. The van der Waals surface area contributed by atoms with Crippen molar-refractivity contribution < 1.29 is 0 Å². The fourth-order valence-corrected chi connectivity index (χ4v) is 3.03. The normalized spacial score (nSPS) is 13.3. The summed E-state index contributed by atoms with van der Waals surface area (Å²) in [6.45, 7) is 8.00. The first-order chi connectivity index (χ1) is 10.9. The number of hydrogen-bond donors (Lipinski definition) is 0. The van der Waals surface area contributed by atoms with Crippen LogP contribution in [0.1, 0.15) is 62.8 Å². The summed E-state index contributed by atoms with van der Waals surface area (Å²) in [4.78, 5) is 0. The molecule has 0 aliphatic heterocycles. The summed E-state index contributed by atoms with van der Waals surface area (Å²) in [5.74, 6) is 0. The summed E-state index contributed by atoms with van der Waals surface area (Å²) in [5.41, 5.74) is 6.27. The Morgan fingerprint density at radius 3 is 0.909 bits per heavy atom. The van der Waals surface area contributed by atoms with Crippen LogP contribution < -0.4 is 0 Å². The SMILES string of the molecule is CC.CC.c1ccc2c(c1)CCC2.c1ccc2c(c1)CCC2. The van der Waals surface area contributed by atoms with E-state index < -0.39 is 0 Å². The van der Waals surface area contributed by atoms with Crippen molar-refractivity contribution in [3.05, 3.63) is 70.8 Å². The Labute approximate surface area is 137 Å². The lowest BCUT2D eigenvalue weighted by molar-refractivity contribution is 0.912. The second kappa shape index (κ2) is 11.1. The molecule has 0 heterocycles. The lowest BCUT2D eigenvalue weighted by Crippen LogP contribution is -1.77. The molecule has 2 aliphatic rings. The molecule has 2 aromatic rings. The third-order valence-electron chi connectivity index (χ3n) is 4.02. The number of fused-ring (bicyclic) bond motifs is 2. The summed E-state index contributed by atoms with van der Waals surface area (Å²) in [6.07, 6.45) is 7.93. The molecule has 0 radical (unpaired) electrons. The van der Waals surface area contributed by atoms with Gasteiger partial charge in [-0.15, -0.1) is 0 Å². The van der Waals surface area contributed by atoms with Gasteiger partial charge in [0.15, 0.2) is 0 Å². The van der Waals surface area contributed by atoms with Crippen molar-refractivity contribution in [2.45, 2.75) is 66.2 Å². The average molecular weight is 296 g/mol. The van der Waals surface area contributed by atoms with Gasteiger partial charge in [-0.2, -0.15) is 0 Å². The van der Waals surface area contributed by atoms with Crippen LogP contribution >= 0.6 is 0 Å². The Bertz CT molecular complexity index is 430. The van der Waals surface area contributed by atoms with Gasteiger partial charge < -0.3 is 0 Å². The zero-order valence-electron chi connectivity index (χ0n) is 14.9. The second-order valence-electron chi connectivity index (χ2n) is 5.24. The van der Waals surface area contributed by atoms with Gasteiger partial charge in [-0.3, -0.25) is 0 Å². The van der Waals surface area contributed by atoms with E-state index in [0.29, 0.717) is 0 Å². The molecule has 0 aromatic heterocycles. The molecular weight excluding hydrogens is 264 g/mol. The van der Waals surface area contributed by atoms with Gasteiger partial charge in [-0.25, -0.2) is 0 Å². The maximum atomic E-state index is 2.24. The predicted octanol–water partition coefficient (Wildman–Crippen LogP) is 6.40. The summed E-state index contributed by atoms with van der Waals surface area (Å²) < 4.78 is 0. The van der Waals surface area contributed by atoms with E-state index in [1.165, 1.54) is 38.5 Å². The van der Waals surface area contributed by atoms with Crippen LogP contribution in [0.2, 0.25) is 0 Å². The minimum absolute atomic E-state index is 1.30. The van der Waals surface area contributed by atoms with E-state index in [9.17, 15) is 0 Å². The van der Waals surface area contributed by atoms with Gasteiger partial charge in [0.1, 0.15) is 0 Å². The summed E-state index contributed by atoms with van der Waals surface area (Å²) in [6, 6.07) is 17.5. The van der Waals surface area contributed by atoms with Crippen LogP contribution in [0.4, 0.5) is 0 Å². The van der Waals surface area contributed by atoms with Crippen LogP contribution in [0.5, 0.6) is 0 Å². The molecule has 0 unspecified atom stereocenters. The molecule has 0 amide bonds. The van der Waals surface area contributed by atoms with Gasteiger partial charge in [-0.1, -0.05) is 76.2 Å². The van der Waals surface area contributed by atoms with Crippen LogP contribution in [0, 0.1) is 0 Å². The van der Waals surface area contributed by atoms with E-state index in [2.05, 4.69) is 48.5 Å². The van der Waals surface area contributed by atoms with Gasteiger partial charge in [0.25, 0.3) is 0 Å². The fraction of sp³-hybridized carbons (Fsp3) is 0.455. The molecule has 0 saturated heterocycles. The third-order valence-corrected chi connectivity index (χ3v) is 4.02. The molecular formula is C22H32. The van der Waals surface area contributed by atoms with Gasteiger partial charge in [-0.05, 0) is 60.8 Å². The molecule has 0 spiro atoms. The minimum Gasteiger partial charge on any atom is -0.0683 e. The Balaban J connectivity index is 0.000000180. The molecule has 120 valence electrons. The Morgan fingerprint density at radius 2 is 0.682 bits per heavy atom. The van der Waals surface area contributed by atoms with Crippen molar-refractivity contribution >= 4 is 0 Å². The van der Waals surface area contributed by atoms with Crippen molar-refractivity contribution in [3.63, 3.8) is 0 Å². The molecule has 2 aliphatic carbocycles. The van der Waals surface area contributed by atoms with Crippen LogP contribution in [0.3, 0.4) is 0 Å². The Hall–Kier alpha value is -1.56. The highest BCUT2D eigenvalue weighted by Crippen LogP contribution is 2.20. The van der Waals surface area contributed by atoms with Crippen LogP contribution in [0.15, 0.2) is 48.5 Å². The summed E-state index contributed by atoms with van der Waals surface area (Å²) in [5, 5.41) is 0. The maximum absolute atomic E-state index is 2.24. The second-order valence-corrected chi connectivity index (χ2v) is 5.24. The highest BCUT2D eigenvalue weighted by Gasteiger charge is 2.07. The fourth-order valence-electron chi connectivity index (χ4n) is 3.03. The lowest BCUT2D eigenvalue weighted by atomic mass is 10.1. The smallest absolute Gasteiger partial charge is 0.0273 e. The first kappa shape index (κ1) is 18.5. The third kappa shape index (κ3) is 5.33. The van der Waals surface area contributed by atoms with Crippen molar-refractivity contribution in [2.24, 2.45) is 0 Å². The topological polar surface area (TPSA) is 0 Å². The van der Waals surface area contributed by atoms with Crippen LogP contribution in [0.25, 0.3) is 0 Å². The highest BCUT2D eigenvalue weighted by molar-refractivity contribution is 5.31. The highest BCUT2D eigenvalue weighted by atomic mass is 14.1. The Morgan fingerprint density at radius 1 is 0.455 bits per heavy atom. The monoisotopic (exact) mass is 296 g/mol. The van der Waals surface area contributed by atoms with E-state index in [-0.39, 0.29) is 0 Å². The molecule has 0 N–H and O–H groups in total. The van der Waals surface area contributed by atoms with Gasteiger partial charge in [0, 0.05) is 0 Å². The van der Waals surface area contributed by atoms with E-state index >= 15 is 0 Å². The quantitative estimate of drug-likeness (QED) is 0.527. The molecule has 0 fully saturated rings. The van der Waals surface area contributed by atoms with Gasteiger partial charge in [0.2, 0.25) is 0 Å². The summed E-state index contributed by atoms with van der Waals surface area (Å²) >= 11 is 0. The van der Waals surface area contributed by atoms with Crippen molar-refractivity contribution in [1.29, 1.82) is 0 Å². The van der Waals surface area contributed by atoms with Crippen molar-refractivity contribution in [2.75, 3.05) is 0 Å². The molecule has 0 atom stereocenters. The van der Waals surface area contributed by atoms with Crippen LogP contribution in [-0.2, 0) is 25.7 Å². The number of benzene rings is 2. The first-order valence-corrected chi connectivity index (χ1v) is 9.07. The molecule has 0 bridgehead atoms. The minimum atomic E-state index is 1.30. The number of hydrogen-bond acceptors (Lipinski definition) is 0. The maximum Gasteiger partial charge on any atom is -0.0273 e. The summed E-state index contributed by atoms with van der Waals surface area (Å²) in [7, 11) is 0. The standard InChI is InChI=1S/2C9H10.2C2H6/c2*1-2-5-9-7-3-6-8(9)4-1;2*1-2/h2*1-2,4-5H,3,6-7H2;2*1-2H3. The first-order valence-electron chi connectivity index (χ1n) is 9.07. The largest absolute Gasteiger partial charge is 0.0683 e. The molecule has 0 nitrogen and oxygen atoms in total. The van der Waals surface area contributed by atoms with Crippen molar-refractivity contribution in [3.8, 4) is 0 Å². The Kier molecular flexibility index (Phi) is 9.30. The number of rotatable bonds is 0. The molecule has 2 aromatic carbocycles. The van der Waals surface area contributed by atoms with E-state index in [1.54, 1.807) is 22.3 Å². The zero-order valence-corrected chi connectivity index (χ0v) is 14.9. The molecule has 0 heteroatoms. The van der Waals surface area contributed by atoms with E-state index in [0.717, 1.165) is 0 Å². The molecule has 22 heavy (non-hydrogen) atoms.